The topological polar surface area (TPSA) is 68.3 Å². The number of carbonyl (C=O) groups is 2. The molecular weight excluding hydrogens is 577 g/mol. The zero-order valence-electron chi connectivity index (χ0n) is 19.7. The summed E-state index contributed by atoms with van der Waals surface area (Å²) in [5, 5.41) is 3.57. The van der Waals surface area contributed by atoms with Crippen LogP contribution in [0.3, 0.4) is 0 Å². The number of amides is 1. The number of rotatable bonds is 10. The van der Waals surface area contributed by atoms with E-state index >= 15 is 0 Å². The molecule has 0 radical (unpaired) electrons. The summed E-state index contributed by atoms with van der Waals surface area (Å²) >= 11 is 15.9. The van der Waals surface area contributed by atoms with Crippen LogP contribution in [0, 0.1) is 12.7 Å². The Kier molecular flexibility index (Phi) is 10.0. The second kappa shape index (κ2) is 12.8. The summed E-state index contributed by atoms with van der Waals surface area (Å²) in [7, 11) is 0. The van der Waals surface area contributed by atoms with Gasteiger partial charge in [0.25, 0.3) is 5.91 Å². The Labute approximate surface area is 226 Å². The van der Waals surface area contributed by atoms with Gasteiger partial charge in [0.15, 0.2) is 0 Å². The van der Waals surface area contributed by atoms with Gasteiger partial charge in [-0.1, -0.05) is 58.2 Å². The zero-order chi connectivity index (χ0) is 26.4. The maximum absolute atomic E-state index is 14.2. The number of fused-ring (bicyclic) bond motifs is 1. The van der Waals surface area contributed by atoms with Crippen LogP contribution in [0.4, 0.5) is 8.78 Å². The Morgan fingerprint density at radius 3 is 2.67 bits per heavy atom. The minimum Gasteiger partial charge on any atom is -0.431 e. The van der Waals surface area contributed by atoms with Crippen molar-refractivity contribution in [2.45, 2.75) is 51.8 Å². The van der Waals surface area contributed by atoms with Crippen molar-refractivity contribution in [2.24, 2.45) is 0 Å². The first-order valence-electron chi connectivity index (χ1n) is 11.4. The van der Waals surface area contributed by atoms with Crippen LogP contribution in [0.5, 0.6) is 0 Å². The predicted octanol–water partition coefficient (Wildman–Crippen LogP) is 7.68. The van der Waals surface area contributed by atoms with Crippen LogP contribution in [0.2, 0.25) is 10.2 Å². The van der Waals surface area contributed by atoms with Crippen molar-refractivity contribution in [3.63, 3.8) is 0 Å². The van der Waals surface area contributed by atoms with Gasteiger partial charge < -0.3 is 10.1 Å². The molecule has 1 aromatic heterocycles. The second-order valence-electron chi connectivity index (χ2n) is 8.34. The molecule has 5 nitrogen and oxygen atoms in total. The SMILES string of the molecule is CCCC(F)OC(=O)CCC(CNC(=O)c1c(C)c(Cl)nc2ccc(Br)cc12)c1cccc(F)c1Cl. The van der Waals surface area contributed by atoms with Crippen molar-refractivity contribution in [3.05, 3.63) is 73.6 Å². The summed E-state index contributed by atoms with van der Waals surface area (Å²) in [4.78, 5) is 29.8. The summed E-state index contributed by atoms with van der Waals surface area (Å²) in [6.45, 7) is 3.52. The number of ether oxygens (including phenoxy) is 1. The molecule has 0 aliphatic rings. The molecule has 3 aromatic rings. The van der Waals surface area contributed by atoms with E-state index in [0.29, 0.717) is 34.0 Å². The lowest BCUT2D eigenvalue weighted by Crippen LogP contribution is -2.30. The standard InChI is InChI=1S/C26H25BrCl2F2N2O3/c1-3-5-21(31)36-22(34)11-8-15(17-6-4-7-19(30)24(17)28)13-32-26(35)23-14(2)25(29)33-20-10-9-16(27)12-18(20)23/h4,6-7,9-10,12,15,21H,3,5,8,11,13H2,1-2H3,(H,32,35). The van der Waals surface area contributed by atoms with Crippen molar-refractivity contribution in [2.75, 3.05) is 6.54 Å². The fourth-order valence-electron chi connectivity index (χ4n) is 3.88. The second-order valence-corrected chi connectivity index (χ2v) is 9.99. The van der Waals surface area contributed by atoms with Gasteiger partial charge in [-0.25, -0.2) is 13.8 Å². The quantitative estimate of drug-likeness (QED) is 0.191. The third-order valence-corrected chi connectivity index (χ3v) is 7.02. The number of benzene rings is 2. The smallest absolute Gasteiger partial charge is 0.308 e. The van der Waals surface area contributed by atoms with Gasteiger partial charge in [0, 0.05) is 35.2 Å². The number of carbonyl (C=O) groups excluding carboxylic acids is 2. The summed E-state index contributed by atoms with van der Waals surface area (Å²) in [5.41, 5.74) is 1.84. The van der Waals surface area contributed by atoms with E-state index in [9.17, 15) is 18.4 Å². The Balaban J connectivity index is 1.84. The highest BCUT2D eigenvalue weighted by atomic mass is 79.9. The Hall–Kier alpha value is -2.29. The van der Waals surface area contributed by atoms with E-state index in [1.807, 2.05) is 0 Å². The van der Waals surface area contributed by atoms with Crippen molar-refractivity contribution in [3.8, 4) is 0 Å². The van der Waals surface area contributed by atoms with Crippen LogP contribution >= 0.6 is 39.1 Å². The van der Waals surface area contributed by atoms with Crippen LogP contribution in [0.15, 0.2) is 40.9 Å². The van der Waals surface area contributed by atoms with Gasteiger partial charge in [0.2, 0.25) is 6.36 Å². The molecule has 2 unspecified atom stereocenters. The van der Waals surface area contributed by atoms with E-state index in [0.717, 1.165) is 4.47 Å². The van der Waals surface area contributed by atoms with E-state index in [4.69, 9.17) is 27.9 Å². The van der Waals surface area contributed by atoms with Crippen LogP contribution < -0.4 is 5.32 Å². The highest BCUT2D eigenvalue weighted by Gasteiger charge is 2.23. The summed E-state index contributed by atoms with van der Waals surface area (Å²) < 4.78 is 33.4. The zero-order valence-corrected chi connectivity index (χ0v) is 22.8. The number of pyridine rings is 1. The maximum atomic E-state index is 14.2. The Bertz CT molecular complexity index is 1280. The van der Waals surface area contributed by atoms with Gasteiger partial charge in [-0.2, -0.15) is 0 Å². The van der Waals surface area contributed by atoms with Gasteiger partial charge in [-0.3, -0.25) is 9.59 Å². The van der Waals surface area contributed by atoms with Gasteiger partial charge in [0.1, 0.15) is 11.0 Å². The van der Waals surface area contributed by atoms with Crippen LogP contribution in [0.1, 0.15) is 60.0 Å². The van der Waals surface area contributed by atoms with E-state index in [1.54, 1.807) is 38.1 Å². The van der Waals surface area contributed by atoms with Crippen LogP contribution in [-0.4, -0.2) is 29.8 Å². The average Bonchev–Trinajstić information content (AvgIpc) is 2.82. The monoisotopic (exact) mass is 600 g/mol. The molecule has 0 aliphatic carbocycles. The lowest BCUT2D eigenvalue weighted by molar-refractivity contribution is -0.158. The van der Waals surface area contributed by atoms with Gasteiger partial charge in [-0.05, 0) is 55.2 Å². The lowest BCUT2D eigenvalue weighted by Gasteiger charge is -2.20. The van der Waals surface area contributed by atoms with E-state index in [2.05, 4.69) is 26.2 Å². The molecule has 0 spiro atoms. The van der Waals surface area contributed by atoms with Crippen molar-refractivity contribution in [1.82, 2.24) is 10.3 Å². The number of esters is 1. The largest absolute Gasteiger partial charge is 0.431 e. The molecule has 0 saturated carbocycles. The predicted molar refractivity (Wildman–Crippen MR) is 141 cm³/mol. The minimum atomic E-state index is -1.68. The van der Waals surface area contributed by atoms with E-state index in [-0.39, 0.29) is 36.0 Å². The summed E-state index contributed by atoms with van der Waals surface area (Å²) in [5.74, 6) is -2.28. The normalized spacial score (nSPS) is 12.9. The molecule has 36 heavy (non-hydrogen) atoms. The third kappa shape index (κ3) is 6.93. The molecule has 0 aliphatic heterocycles. The molecule has 2 aromatic carbocycles. The van der Waals surface area contributed by atoms with Gasteiger partial charge >= 0.3 is 5.97 Å². The molecule has 1 amide bonds. The fraction of sp³-hybridized carbons (Fsp3) is 0.346. The summed E-state index contributed by atoms with van der Waals surface area (Å²) in [6, 6.07) is 9.68. The molecule has 1 heterocycles. The van der Waals surface area contributed by atoms with Crippen molar-refractivity contribution in [1.29, 1.82) is 0 Å². The molecule has 3 rings (SSSR count). The highest BCUT2D eigenvalue weighted by Crippen LogP contribution is 2.31. The molecule has 0 fully saturated rings. The van der Waals surface area contributed by atoms with Gasteiger partial charge in [0.05, 0.1) is 16.1 Å². The number of halogens is 5. The number of hydrogen-bond donors (Lipinski definition) is 1. The van der Waals surface area contributed by atoms with E-state index in [1.165, 1.54) is 12.1 Å². The number of aromatic nitrogens is 1. The minimum absolute atomic E-state index is 0.0399. The molecule has 0 bridgehead atoms. The first-order valence-corrected chi connectivity index (χ1v) is 13.0. The number of alkyl halides is 1. The number of nitrogens with zero attached hydrogens (tertiary/aromatic N) is 1. The average molecular weight is 602 g/mol. The molecule has 0 saturated heterocycles. The van der Waals surface area contributed by atoms with Crippen LogP contribution in [0.25, 0.3) is 10.9 Å². The first-order chi connectivity index (χ1) is 17.1. The molecule has 192 valence electrons. The molecule has 10 heteroatoms. The molecule has 1 N–H and O–H groups in total. The Morgan fingerprint density at radius 1 is 1.19 bits per heavy atom. The Morgan fingerprint density at radius 2 is 1.94 bits per heavy atom. The first kappa shape index (κ1) is 28.3. The van der Waals surface area contributed by atoms with E-state index < -0.39 is 30.0 Å². The summed E-state index contributed by atoms with van der Waals surface area (Å²) in [6.07, 6.45) is -1.01. The maximum Gasteiger partial charge on any atom is 0.308 e. The van der Waals surface area contributed by atoms with Crippen LogP contribution in [-0.2, 0) is 9.53 Å². The number of nitrogens with one attached hydrogen (secondary N) is 1. The van der Waals surface area contributed by atoms with Crippen molar-refractivity contribution < 1.29 is 23.1 Å². The van der Waals surface area contributed by atoms with Crippen molar-refractivity contribution >= 4 is 61.9 Å². The molecular formula is C26H25BrCl2F2N2O3. The highest BCUT2D eigenvalue weighted by molar-refractivity contribution is 9.10. The van der Waals surface area contributed by atoms with Gasteiger partial charge in [-0.15, -0.1) is 0 Å². The lowest BCUT2D eigenvalue weighted by atomic mass is 9.93. The fourth-order valence-corrected chi connectivity index (χ4v) is 4.71. The molecule has 2 atom stereocenters. The third-order valence-electron chi connectivity index (χ3n) is 5.76. The number of hydrogen-bond acceptors (Lipinski definition) is 4.